The molecule has 0 bridgehead atoms. The monoisotopic (exact) mass is 285 g/mol. The minimum Gasteiger partial charge on any atom is -0.353 e. The van der Waals surface area contributed by atoms with E-state index in [0.29, 0.717) is 0 Å². The number of para-hydroxylation sites is 2. The molecule has 0 aliphatic carbocycles. The fourth-order valence-electron chi connectivity index (χ4n) is 2.81. The van der Waals surface area contributed by atoms with Gasteiger partial charge >= 0.3 is 0 Å². The Morgan fingerprint density at radius 3 is 2.43 bits per heavy atom. The molecule has 112 valence electrons. The third kappa shape index (κ3) is 3.49. The van der Waals surface area contributed by atoms with Gasteiger partial charge in [-0.25, -0.2) is 4.98 Å². The molecule has 0 atom stereocenters. The van der Waals surface area contributed by atoms with Crippen molar-refractivity contribution in [3.8, 4) is 0 Å². The maximum absolute atomic E-state index is 6.10. The zero-order chi connectivity index (χ0) is 14.9. The van der Waals surface area contributed by atoms with Crippen molar-refractivity contribution in [2.45, 2.75) is 19.4 Å². The summed E-state index contributed by atoms with van der Waals surface area (Å²) in [5.74, 6) is 0.973. The van der Waals surface area contributed by atoms with E-state index in [2.05, 4.69) is 28.6 Å². The van der Waals surface area contributed by atoms with E-state index in [9.17, 15) is 0 Å². The third-order valence-electron chi connectivity index (χ3n) is 3.76. The second kappa shape index (κ2) is 5.58. The van der Waals surface area contributed by atoms with Crippen molar-refractivity contribution in [3.05, 3.63) is 30.5 Å². The van der Waals surface area contributed by atoms with E-state index in [1.54, 1.807) is 0 Å². The van der Waals surface area contributed by atoms with Crippen molar-refractivity contribution in [1.29, 1.82) is 0 Å². The van der Waals surface area contributed by atoms with Crippen molar-refractivity contribution >= 4 is 16.9 Å². The SMILES string of the molecule is CC(C)(N)CN1CCN(c2cnc3ccccc3n2)CC1. The van der Waals surface area contributed by atoms with E-state index in [4.69, 9.17) is 10.7 Å². The summed E-state index contributed by atoms with van der Waals surface area (Å²) in [4.78, 5) is 13.9. The lowest BCUT2D eigenvalue weighted by atomic mass is 10.1. The van der Waals surface area contributed by atoms with Gasteiger partial charge < -0.3 is 10.6 Å². The van der Waals surface area contributed by atoms with Crippen molar-refractivity contribution in [1.82, 2.24) is 14.9 Å². The molecule has 1 aromatic heterocycles. The number of hydrogen-bond acceptors (Lipinski definition) is 5. The van der Waals surface area contributed by atoms with Crippen LogP contribution in [0, 0.1) is 0 Å². The van der Waals surface area contributed by atoms with Gasteiger partial charge in [0.2, 0.25) is 0 Å². The van der Waals surface area contributed by atoms with Gasteiger partial charge in [0.1, 0.15) is 5.82 Å². The highest BCUT2D eigenvalue weighted by Crippen LogP contribution is 2.17. The number of aromatic nitrogens is 2. The lowest BCUT2D eigenvalue weighted by Crippen LogP contribution is -2.53. The second-order valence-electron chi connectivity index (χ2n) is 6.47. The largest absolute Gasteiger partial charge is 0.353 e. The van der Waals surface area contributed by atoms with Gasteiger partial charge in [0, 0.05) is 38.3 Å². The normalized spacial score (nSPS) is 17.4. The van der Waals surface area contributed by atoms with Gasteiger partial charge in [-0.15, -0.1) is 0 Å². The van der Waals surface area contributed by atoms with E-state index in [1.165, 1.54) is 0 Å². The molecule has 0 spiro atoms. The molecule has 5 nitrogen and oxygen atoms in total. The van der Waals surface area contributed by atoms with Gasteiger partial charge in [-0.05, 0) is 26.0 Å². The van der Waals surface area contributed by atoms with E-state index < -0.39 is 0 Å². The molecule has 2 aromatic rings. The standard InChI is InChI=1S/C16H23N5/c1-16(2,17)12-20-7-9-21(10-8-20)15-11-18-13-5-3-4-6-14(13)19-15/h3-6,11H,7-10,12,17H2,1-2H3. The second-order valence-corrected chi connectivity index (χ2v) is 6.47. The summed E-state index contributed by atoms with van der Waals surface area (Å²) in [6, 6.07) is 8.00. The van der Waals surface area contributed by atoms with Gasteiger partial charge in [0.15, 0.2) is 0 Å². The molecular weight excluding hydrogens is 262 g/mol. The number of piperazine rings is 1. The third-order valence-corrected chi connectivity index (χ3v) is 3.76. The number of nitrogens with two attached hydrogens (primary N) is 1. The molecule has 2 N–H and O–H groups in total. The Balaban J connectivity index is 1.68. The Morgan fingerprint density at radius 2 is 1.76 bits per heavy atom. The van der Waals surface area contributed by atoms with E-state index in [0.717, 1.165) is 49.6 Å². The molecular formula is C16H23N5. The highest BCUT2D eigenvalue weighted by atomic mass is 15.3. The number of fused-ring (bicyclic) bond motifs is 1. The molecule has 1 aromatic carbocycles. The Labute approximate surface area is 125 Å². The summed E-state index contributed by atoms with van der Waals surface area (Å²) in [7, 11) is 0. The first-order valence-electron chi connectivity index (χ1n) is 7.49. The Hall–Kier alpha value is -1.72. The summed E-state index contributed by atoms with van der Waals surface area (Å²) in [5, 5.41) is 0. The van der Waals surface area contributed by atoms with Crippen LogP contribution in [0.2, 0.25) is 0 Å². The van der Waals surface area contributed by atoms with E-state index in [1.807, 2.05) is 30.5 Å². The van der Waals surface area contributed by atoms with Crippen LogP contribution >= 0.6 is 0 Å². The Morgan fingerprint density at radius 1 is 1.10 bits per heavy atom. The molecule has 1 aliphatic rings. The van der Waals surface area contributed by atoms with Gasteiger partial charge in [-0.3, -0.25) is 9.88 Å². The molecule has 1 saturated heterocycles. The van der Waals surface area contributed by atoms with Crippen LogP contribution in [0.1, 0.15) is 13.8 Å². The van der Waals surface area contributed by atoms with Crippen molar-refractivity contribution < 1.29 is 0 Å². The fraction of sp³-hybridized carbons (Fsp3) is 0.500. The smallest absolute Gasteiger partial charge is 0.147 e. The van der Waals surface area contributed by atoms with Crippen LogP contribution in [0.25, 0.3) is 11.0 Å². The first-order valence-corrected chi connectivity index (χ1v) is 7.49. The molecule has 0 amide bonds. The van der Waals surface area contributed by atoms with E-state index in [-0.39, 0.29) is 5.54 Å². The Kier molecular flexibility index (Phi) is 3.78. The van der Waals surface area contributed by atoms with Gasteiger partial charge in [0.05, 0.1) is 17.2 Å². The van der Waals surface area contributed by atoms with Crippen LogP contribution in [-0.2, 0) is 0 Å². The van der Waals surface area contributed by atoms with Gasteiger partial charge in [-0.1, -0.05) is 12.1 Å². The molecule has 0 radical (unpaired) electrons. The van der Waals surface area contributed by atoms with Crippen LogP contribution in [0.15, 0.2) is 30.5 Å². The molecule has 5 heteroatoms. The molecule has 0 saturated carbocycles. The maximum Gasteiger partial charge on any atom is 0.147 e. The van der Waals surface area contributed by atoms with Crippen LogP contribution < -0.4 is 10.6 Å². The lowest BCUT2D eigenvalue weighted by molar-refractivity contribution is 0.214. The molecule has 0 unspecified atom stereocenters. The predicted octanol–water partition coefficient (Wildman–Crippen LogP) is 1.49. The number of benzene rings is 1. The minimum absolute atomic E-state index is 0.134. The summed E-state index contributed by atoms with van der Waals surface area (Å²) < 4.78 is 0. The first-order chi connectivity index (χ1) is 10.0. The summed E-state index contributed by atoms with van der Waals surface area (Å²) in [6.07, 6.45) is 1.88. The molecule has 3 rings (SSSR count). The van der Waals surface area contributed by atoms with Crippen LogP contribution in [-0.4, -0.2) is 53.1 Å². The average molecular weight is 285 g/mol. The minimum atomic E-state index is -0.134. The van der Waals surface area contributed by atoms with Crippen LogP contribution in [0.3, 0.4) is 0 Å². The molecule has 1 fully saturated rings. The molecule has 21 heavy (non-hydrogen) atoms. The summed E-state index contributed by atoms with van der Waals surface area (Å²) >= 11 is 0. The number of rotatable bonds is 3. The van der Waals surface area contributed by atoms with Crippen molar-refractivity contribution in [2.24, 2.45) is 5.73 Å². The first kappa shape index (κ1) is 14.2. The van der Waals surface area contributed by atoms with Gasteiger partial charge in [0.25, 0.3) is 0 Å². The molecule has 2 heterocycles. The summed E-state index contributed by atoms with van der Waals surface area (Å²) in [5.41, 5.74) is 7.87. The maximum atomic E-state index is 6.10. The fourth-order valence-corrected chi connectivity index (χ4v) is 2.81. The molecule has 1 aliphatic heterocycles. The van der Waals surface area contributed by atoms with Crippen molar-refractivity contribution in [2.75, 3.05) is 37.6 Å². The zero-order valence-electron chi connectivity index (χ0n) is 12.8. The number of hydrogen-bond donors (Lipinski definition) is 1. The van der Waals surface area contributed by atoms with E-state index >= 15 is 0 Å². The quantitative estimate of drug-likeness (QED) is 0.926. The summed E-state index contributed by atoms with van der Waals surface area (Å²) in [6.45, 7) is 9.09. The van der Waals surface area contributed by atoms with Crippen molar-refractivity contribution in [3.63, 3.8) is 0 Å². The lowest BCUT2D eigenvalue weighted by Gasteiger charge is -2.38. The average Bonchev–Trinajstić information content (AvgIpc) is 2.46. The predicted molar refractivity (Wildman–Crippen MR) is 86.5 cm³/mol. The number of anilines is 1. The number of nitrogens with zero attached hydrogens (tertiary/aromatic N) is 4. The topological polar surface area (TPSA) is 58.3 Å². The van der Waals surface area contributed by atoms with Crippen LogP contribution in [0.5, 0.6) is 0 Å². The van der Waals surface area contributed by atoms with Crippen LogP contribution in [0.4, 0.5) is 5.82 Å². The highest BCUT2D eigenvalue weighted by Gasteiger charge is 2.22. The zero-order valence-corrected chi connectivity index (χ0v) is 12.8. The Bertz CT molecular complexity index is 611. The highest BCUT2D eigenvalue weighted by molar-refractivity contribution is 5.75. The van der Waals surface area contributed by atoms with Gasteiger partial charge in [-0.2, -0.15) is 0 Å².